The molecule has 4 amide bonds. The molecule has 2 atom stereocenters. The van der Waals surface area contributed by atoms with Crippen LogP contribution in [0.5, 0.6) is 0 Å². The van der Waals surface area contributed by atoms with Gasteiger partial charge in [0.2, 0.25) is 0 Å². The number of halogens is 4. The zero-order chi connectivity index (χ0) is 30.4. The fourth-order valence-electron chi connectivity index (χ4n) is 5.38. The normalized spacial score (nSPS) is 22.9. The van der Waals surface area contributed by atoms with Crippen molar-refractivity contribution in [1.82, 2.24) is 14.7 Å². The third-order valence-corrected chi connectivity index (χ3v) is 9.35. The largest absolute Gasteiger partial charge is 0.377 e. The summed E-state index contributed by atoms with van der Waals surface area (Å²) in [5, 5.41) is 2.44. The topological polar surface area (TPSA) is 123 Å². The van der Waals surface area contributed by atoms with E-state index in [9.17, 15) is 32.3 Å². The predicted octanol–water partition coefficient (Wildman–Crippen LogP) is 3.72. The lowest BCUT2D eigenvalue weighted by atomic mass is 9.98. The van der Waals surface area contributed by atoms with E-state index >= 15 is 8.78 Å². The lowest BCUT2D eigenvalue weighted by Gasteiger charge is -2.51. The minimum absolute atomic E-state index is 0.0472. The average Bonchev–Trinajstić information content (AvgIpc) is 2.93. The van der Waals surface area contributed by atoms with Gasteiger partial charge in [0.05, 0.1) is 42.4 Å². The van der Waals surface area contributed by atoms with Gasteiger partial charge in [-0.15, -0.1) is 0 Å². The highest BCUT2D eigenvalue weighted by Crippen LogP contribution is 2.41. The maximum absolute atomic E-state index is 15.7. The van der Waals surface area contributed by atoms with Gasteiger partial charge in [-0.3, -0.25) is 18.7 Å². The molecule has 42 heavy (non-hydrogen) atoms. The van der Waals surface area contributed by atoms with E-state index in [-0.39, 0.29) is 67.7 Å². The number of amides is 4. The minimum Gasteiger partial charge on any atom is -0.377 e. The average molecular weight is 615 g/mol. The highest BCUT2D eigenvalue weighted by Gasteiger charge is 2.53. The Morgan fingerprint density at radius 3 is 2.19 bits per heavy atom. The summed E-state index contributed by atoms with van der Waals surface area (Å²) in [7, 11) is -2.73. The van der Waals surface area contributed by atoms with Gasteiger partial charge in [-0.2, -0.15) is 19.4 Å². The molecule has 3 aliphatic heterocycles. The Balaban J connectivity index is 1.32. The van der Waals surface area contributed by atoms with Gasteiger partial charge in [0.25, 0.3) is 11.8 Å². The van der Waals surface area contributed by atoms with E-state index in [1.54, 1.807) is 0 Å². The molecule has 0 aromatic heterocycles. The Kier molecular flexibility index (Phi) is 8.13. The maximum atomic E-state index is 15.7. The van der Waals surface area contributed by atoms with Crippen LogP contribution in [0.15, 0.2) is 36.4 Å². The number of fused-ring (bicyclic) bond motifs is 2. The van der Waals surface area contributed by atoms with Crippen LogP contribution in [0.2, 0.25) is 0 Å². The standard InChI is InChI=1S/C27H30F4N4O6S/c1-16-10-18(3-5-22(16)28)32-24(36)17-2-4-23(29)21(11-17)27(30,31)25(37)35-19-12-34(13-20(35)15-41-14-19)26(38)33-6-8-42(39,40)9-7-33/h2-5,10-11,19-20,39-40H,6-9,12-15H2,1H3,(H,32,36)/t19-,20+. The molecule has 0 radical (unpaired) electrons. The summed E-state index contributed by atoms with van der Waals surface area (Å²) in [5.74, 6) is -8.67. The summed E-state index contributed by atoms with van der Waals surface area (Å²) < 4.78 is 84.9. The molecule has 3 N–H and O–H groups in total. The first kappa shape index (κ1) is 30.1. The number of nitrogens with zero attached hydrogens (tertiary/aromatic N) is 3. The van der Waals surface area contributed by atoms with Crippen LogP contribution in [0.1, 0.15) is 21.5 Å². The predicted molar refractivity (Wildman–Crippen MR) is 146 cm³/mol. The fourth-order valence-corrected chi connectivity index (χ4v) is 6.61. The number of aryl methyl sites for hydroxylation is 1. The van der Waals surface area contributed by atoms with Crippen LogP contribution in [0.3, 0.4) is 0 Å². The molecule has 3 heterocycles. The summed E-state index contributed by atoms with van der Waals surface area (Å²) in [4.78, 5) is 43.0. The number of ether oxygens (including phenoxy) is 1. The number of morpholine rings is 1. The van der Waals surface area contributed by atoms with Crippen molar-refractivity contribution in [3.63, 3.8) is 0 Å². The number of carbonyl (C=O) groups excluding carboxylic acids is 3. The monoisotopic (exact) mass is 614 g/mol. The molecule has 3 fully saturated rings. The number of hydrogen-bond donors (Lipinski definition) is 3. The van der Waals surface area contributed by atoms with Crippen LogP contribution in [-0.2, 0) is 15.5 Å². The lowest BCUT2D eigenvalue weighted by Crippen LogP contribution is -2.69. The molecule has 15 heteroatoms. The minimum atomic E-state index is -4.35. The van der Waals surface area contributed by atoms with Crippen LogP contribution in [0.4, 0.5) is 28.0 Å². The van der Waals surface area contributed by atoms with E-state index in [4.69, 9.17) is 4.74 Å². The molecule has 2 aromatic carbocycles. The number of anilines is 1. The zero-order valence-electron chi connectivity index (χ0n) is 22.6. The summed E-state index contributed by atoms with van der Waals surface area (Å²) in [6, 6.07) is 3.79. The molecule has 0 saturated carbocycles. The number of rotatable bonds is 4. The Bertz CT molecular complexity index is 1390. The van der Waals surface area contributed by atoms with Gasteiger partial charge >= 0.3 is 12.0 Å². The van der Waals surface area contributed by atoms with Crippen molar-refractivity contribution >= 4 is 34.1 Å². The summed E-state index contributed by atoms with van der Waals surface area (Å²) >= 11 is 0. The molecule has 10 nitrogen and oxygen atoms in total. The van der Waals surface area contributed by atoms with Gasteiger partial charge in [-0.05, 0) is 48.9 Å². The SMILES string of the molecule is Cc1cc(NC(=O)c2ccc(F)c(C(F)(F)C(=O)N3[C@@H]4COC[C@H]3CN(C(=O)N3CCS(O)(O)CC3)C4)c2)ccc1F. The third-order valence-electron chi connectivity index (χ3n) is 7.67. The number of carbonyl (C=O) groups is 3. The Morgan fingerprint density at radius 2 is 1.57 bits per heavy atom. The molecular weight excluding hydrogens is 584 g/mol. The molecule has 5 rings (SSSR count). The molecule has 0 spiro atoms. The molecule has 3 aliphatic rings. The fraction of sp³-hybridized carbons (Fsp3) is 0.444. The van der Waals surface area contributed by atoms with Gasteiger partial charge in [-0.1, -0.05) is 0 Å². The maximum Gasteiger partial charge on any atom is 0.352 e. The number of nitrogens with one attached hydrogen (secondary N) is 1. The van der Waals surface area contributed by atoms with E-state index in [2.05, 4.69) is 5.32 Å². The van der Waals surface area contributed by atoms with E-state index in [1.165, 1.54) is 28.9 Å². The van der Waals surface area contributed by atoms with Crippen molar-refractivity contribution in [3.8, 4) is 0 Å². The summed E-state index contributed by atoms with van der Waals surface area (Å²) in [6.45, 7) is 1.30. The number of alkyl halides is 2. The molecule has 2 aromatic rings. The summed E-state index contributed by atoms with van der Waals surface area (Å²) in [6.07, 6.45) is 0. The molecule has 0 aliphatic carbocycles. The number of hydrogen-bond acceptors (Lipinski definition) is 6. The van der Waals surface area contributed by atoms with Crippen molar-refractivity contribution in [2.75, 3.05) is 56.2 Å². The molecule has 3 saturated heterocycles. The van der Waals surface area contributed by atoms with E-state index in [0.717, 1.165) is 17.0 Å². The van der Waals surface area contributed by atoms with Crippen LogP contribution in [-0.4, -0.2) is 105 Å². The third kappa shape index (κ3) is 5.91. The van der Waals surface area contributed by atoms with Gasteiger partial charge in [0, 0.05) is 37.4 Å². The van der Waals surface area contributed by atoms with Crippen LogP contribution in [0, 0.1) is 18.6 Å². The summed E-state index contributed by atoms with van der Waals surface area (Å²) in [5.41, 5.74) is -1.17. The number of benzene rings is 2. The van der Waals surface area contributed by atoms with Crippen molar-refractivity contribution in [3.05, 3.63) is 64.7 Å². The molecular formula is C27H30F4N4O6S. The van der Waals surface area contributed by atoms with Crippen molar-refractivity contribution in [2.24, 2.45) is 0 Å². The first-order chi connectivity index (χ1) is 19.8. The highest BCUT2D eigenvalue weighted by molar-refractivity contribution is 8.24. The van der Waals surface area contributed by atoms with Crippen molar-refractivity contribution in [2.45, 2.75) is 24.9 Å². The van der Waals surface area contributed by atoms with Gasteiger partial charge in [-0.25, -0.2) is 13.6 Å². The van der Waals surface area contributed by atoms with Crippen LogP contribution < -0.4 is 5.32 Å². The Labute approximate surface area is 240 Å². The van der Waals surface area contributed by atoms with Crippen molar-refractivity contribution < 1.29 is 45.8 Å². The van der Waals surface area contributed by atoms with Crippen LogP contribution >= 0.6 is 10.6 Å². The van der Waals surface area contributed by atoms with Gasteiger partial charge < -0.3 is 24.8 Å². The second-order valence-electron chi connectivity index (χ2n) is 10.6. The molecule has 228 valence electrons. The Hall–Kier alpha value is -3.40. The lowest BCUT2D eigenvalue weighted by molar-refractivity contribution is -0.180. The van der Waals surface area contributed by atoms with E-state index in [0.29, 0.717) is 12.1 Å². The smallest absolute Gasteiger partial charge is 0.352 e. The van der Waals surface area contributed by atoms with Crippen LogP contribution in [0.25, 0.3) is 0 Å². The first-order valence-electron chi connectivity index (χ1n) is 13.2. The quantitative estimate of drug-likeness (QED) is 0.452. The van der Waals surface area contributed by atoms with Gasteiger partial charge in [0.15, 0.2) is 0 Å². The van der Waals surface area contributed by atoms with Crippen molar-refractivity contribution in [1.29, 1.82) is 0 Å². The van der Waals surface area contributed by atoms with E-state index < -0.39 is 63.6 Å². The molecule has 2 bridgehead atoms. The molecule has 0 unspecified atom stereocenters. The number of piperazine rings is 1. The highest BCUT2D eigenvalue weighted by atomic mass is 32.3. The zero-order valence-corrected chi connectivity index (χ0v) is 23.4. The number of urea groups is 1. The first-order valence-corrected chi connectivity index (χ1v) is 15.1. The second kappa shape index (κ2) is 11.4. The van der Waals surface area contributed by atoms with Gasteiger partial charge in [0.1, 0.15) is 11.6 Å². The van der Waals surface area contributed by atoms with E-state index in [1.807, 2.05) is 0 Å². The second-order valence-corrected chi connectivity index (χ2v) is 13.1. The Morgan fingerprint density at radius 1 is 0.952 bits per heavy atom.